The molecule has 0 radical (unpaired) electrons. The van der Waals surface area contributed by atoms with Crippen LogP contribution in [0.15, 0.2) is 18.2 Å². The summed E-state index contributed by atoms with van der Waals surface area (Å²) in [6, 6.07) is 4.11. The molecular formula is C11H17FN2O. The number of halogens is 1. The maximum Gasteiger partial charge on any atom is 0.125 e. The smallest absolute Gasteiger partial charge is 0.125 e. The van der Waals surface area contributed by atoms with Gasteiger partial charge in [0, 0.05) is 0 Å². The number of hydrogen-bond acceptors (Lipinski definition) is 3. The lowest BCUT2D eigenvalue weighted by Gasteiger charge is -2.22. The number of anilines is 2. The zero-order valence-electron chi connectivity index (χ0n) is 9.00. The van der Waals surface area contributed by atoms with Crippen molar-refractivity contribution in [2.45, 2.75) is 19.9 Å². The molecule has 1 atom stereocenters. The minimum atomic E-state index is -0.358. The van der Waals surface area contributed by atoms with Crippen LogP contribution in [0.1, 0.15) is 13.8 Å². The van der Waals surface area contributed by atoms with Crippen molar-refractivity contribution >= 4 is 11.4 Å². The van der Waals surface area contributed by atoms with Gasteiger partial charge in [0.05, 0.1) is 24.0 Å². The summed E-state index contributed by atoms with van der Waals surface area (Å²) < 4.78 is 12.8. The van der Waals surface area contributed by atoms with E-state index in [1.807, 2.05) is 13.8 Å². The molecular weight excluding hydrogens is 195 g/mol. The maximum atomic E-state index is 12.8. The Bertz CT molecular complexity index is 328. The second-order valence-electron chi connectivity index (χ2n) is 3.91. The summed E-state index contributed by atoms with van der Waals surface area (Å²) in [6.07, 6.45) is 0. The van der Waals surface area contributed by atoms with Gasteiger partial charge < -0.3 is 16.2 Å². The Morgan fingerprint density at radius 2 is 2.13 bits per heavy atom. The van der Waals surface area contributed by atoms with Gasteiger partial charge in [0.15, 0.2) is 0 Å². The topological polar surface area (TPSA) is 58.3 Å². The van der Waals surface area contributed by atoms with Crippen molar-refractivity contribution in [3.63, 3.8) is 0 Å². The molecule has 1 aromatic carbocycles. The van der Waals surface area contributed by atoms with E-state index in [1.165, 1.54) is 12.1 Å². The van der Waals surface area contributed by atoms with E-state index in [9.17, 15) is 4.39 Å². The van der Waals surface area contributed by atoms with Gasteiger partial charge in [-0.3, -0.25) is 0 Å². The van der Waals surface area contributed by atoms with Crippen LogP contribution in [0.3, 0.4) is 0 Å². The number of benzene rings is 1. The fraction of sp³-hybridized carbons (Fsp3) is 0.455. The van der Waals surface area contributed by atoms with Crippen molar-refractivity contribution in [3.8, 4) is 0 Å². The first kappa shape index (κ1) is 11.8. The second kappa shape index (κ2) is 4.98. The summed E-state index contributed by atoms with van der Waals surface area (Å²) in [5.74, 6) is -0.0809. The van der Waals surface area contributed by atoms with Gasteiger partial charge in [-0.15, -0.1) is 0 Å². The summed E-state index contributed by atoms with van der Waals surface area (Å²) in [4.78, 5) is 0. The molecule has 1 aromatic rings. The van der Waals surface area contributed by atoms with Crippen molar-refractivity contribution in [1.29, 1.82) is 0 Å². The molecule has 0 aromatic heterocycles. The molecule has 1 unspecified atom stereocenters. The van der Waals surface area contributed by atoms with E-state index in [0.717, 1.165) is 0 Å². The number of rotatable bonds is 4. The molecule has 0 saturated carbocycles. The highest BCUT2D eigenvalue weighted by molar-refractivity contribution is 5.66. The van der Waals surface area contributed by atoms with Gasteiger partial charge in [-0.1, -0.05) is 13.8 Å². The number of nitrogen functional groups attached to an aromatic ring is 1. The Kier molecular flexibility index (Phi) is 3.91. The molecule has 0 bridgehead atoms. The predicted octanol–water partition coefficient (Wildman–Crippen LogP) is 1.84. The zero-order chi connectivity index (χ0) is 11.4. The van der Waals surface area contributed by atoms with Crippen LogP contribution in [0.25, 0.3) is 0 Å². The Morgan fingerprint density at radius 1 is 1.47 bits per heavy atom. The van der Waals surface area contributed by atoms with Gasteiger partial charge in [-0.2, -0.15) is 0 Å². The van der Waals surface area contributed by atoms with Crippen LogP contribution in [0.4, 0.5) is 15.8 Å². The van der Waals surface area contributed by atoms with E-state index < -0.39 is 0 Å². The molecule has 4 heteroatoms. The van der Waals surface area contributed by atoms with Gasteiger partial charge in [-0.25, -0.2) is 4.39 Å². The molecule has 0 saturated heterocycles. The third-order valence-corrected chi connectivity index (χ3v) is 2.36. The summed E-state index contributed by atoms with van der Waals surface area (Å²) in [7, 11) is 0. The highest BCUT2D eigenvalue weighted by Gasteiger charge is 2.12. The molecule has 3 nitrogen and oxygen atoms in total. The molecule has 0 aliphatic heterocycles. The minimum Gasteiger partial charge on any atom is -0.397 e. The fourth-order valence-corrected chi connectivity index (χ4v) is 1.29. The van der Waals surface area contributed by atoms with E-state index in [2.05, 4.69) is 5.32 Å². The minimum absolute atomic E-state index is 0.0223. The Balaban J connectivity index is 2.79. The number of aliphatic hydroxyl groups is 1. The molecule has 4 N–H and O–H groups in total. The van der Waals surface area contributed by atoms with Crippen LogP contribution in [0.5, 0.6) is 0 Å². The van der Waals surface area contributed by atoms with Crippen LogP contribution >= 0.6 is 0 Å². The first-order valence-corrected chi connectivity index (χ1v) is 4.97. The molecule has 0 aliphatic carbocycles. The second-order valence-corrected chi connectivity index (χ2v) is 3.91. The van der Waals surface area contributed by atoms with Crippen molar-refractivity contribution in [1.82, 2.24) is 0 Å². The lowest BCUT2D eigenvalue weighted by molar-refractivity contribution is 0.249. The van der Waals surface area contributed by atoms with Crippen LogP contribution in [-0.4, -0.2) is 17.8 Å². The molecule has 0 fully saturated rings. The van der Waals surface area contributed by atoms with E-state index in [1.54, 1.807) is 6.07 Å². The van der Waals surface area contributed by atoms with E-state index in [0.29, 0.717) is 11.4 Å². The summed E-state index contributed by atoms with van der Waals surface area (Å²) in [5.41, 5.74) is 6.65. The third-order valence-electron chi connectivity index (χ3n) is 2.36. The molecule has 0 heterocycles. The normalized spacial score (nSPS) is 12.9. The average Bonchev–Trinajstić information content (AvgIpc) is 2.16. The van der Waals surface area contributed by atoms with Gasteiger partial charge in [0.1, 0.15) is 5.82 Å². The van der Waals surface area contributed by atoms with Gasteiger partial charge in [0.25, 0.3) is 0 Å². The summed E-state index contributed by atoms with van der Waals surface area (Å²) in [5, 5.41) is 12.2. The maximum absolute atomic E-state index is 12.8. The van der Waals surface area contributed by atoms with Crippen molar-refractivity contribution in [2.75, 3.05) is 17.7 Å². The van der Waals surface area contributed by atoms with Crippen LogP contribution < -0.4 is 11.1 Å². The highest BCUT2D eigenvalue weighted by atomic mass is 19.1. The van der Waals surface area contributed by atoms with Crippen molar-refractivity contribution < 1.29 is 9.50 Å². The standard InChI is InChI=1S/C11H17FN2O/c1-7(2)11(6-15)14-10-4-3-8(12)5-9(10)13/h3-5,7,11,14-15H,6,13H2,1-2H3. The number of nitrogens with one attached hydrogen (secondary N) is 1. The molecule has 1 rings (SSSR count). The molecule has 84 valence electrons. The Labute approximate surface area is 89.1 Å². The van der Waals surface area contributed by atoms with Gasteiger partial charge >= 0.3 is 0 Å². The molecule has 0 aliphatic rings. The van der Waals surface area contributed by atoms with E-state index in [-0.39, 0.29) is 24.4 Å². The lowest BCUT2D eigenvalue weighted by Crippen LogP contribution is -2.29. The largest absolute Gasteiger partial charge is 0.397 e. The molecule has 0 amide bonds. The quantitative estimate of drug-likeness (QED) is 0.667. The zero-order valence-corrected chi connectivity index (χ0v) is 9.00. The van der Waals surface area contributed by atoms with Crippen LogP contribution in [-0.2, 0) is 0 Å². The third kappa shape index (κ3) is 3.09. The predicted molar refractivity (Wildman–Crippen MR) is 60.1 cm³/mol. The van der Waals surface area contributed by atoms with E-state index >= 15 is 0 Å². The first-order chi connectivity index (χ1) is 7.04. The van der Waals surface area contributed by atoms with Crippen molar-refractivity contribution in [3.05, 3.63) is 24.0 Å². The van der Waals surface area contributed by atoms with Crippen LogP contribution in [0, 0.1) is 11.7 Å². The number of hydrogen-bond donors (Lipinski definition) is 3. The van der Waals surface area contributed by atoms with E-state index in [4.69, 9.17) is 10.8 Å². The SMILES string of the molecule is CC(C)C(CO)Nc1ccc(F)cc1N. The van der Waals surface area contributed by atoms with Crippen molar-refractivity contribution in [2.24, 2.45) is 5.92 Å². The highest BCUT2D eigenvalue weighted by Crippen LogP contribution is 2.21. The Hall–Kier alpha value is -1.29. The average molecular weight is 212 g/mol. The molecule has 15 heavy (non-hydrogen) atoms. The summed E-state index contributed by atoms with van der Waals surface area (Å²) >= 11 is 0. The lowest BCUT2D eigenvalue weighted by atomic mass is 10.0. The first-order valence-electron chi connectivity index (χ1n) is 4.97. The number of nitrogens with two attached hydrogens (primary N) is 1. The van der Waals surface area contributed by atoms with Crippen LogP contribution in [0.2, 0.25) is 0 Å². The Morgan fingerprint density at radius 3 is 2.60 bits per heavy atom. The summed E-state index contributed by atoms with van der Waals surface area (Å²) in [6.45, 7) is 4.01. The monoisotopic (exact) mass is 212 g/mol. The van der Waals surface area contributed by atoms with Gasteiger partial charge in [0.2, 0.25) is 0 Å². The number of aliphatic hydroxyl groups excluding tert-OH is 1. The molecule has 0 spiro atoms. The van der Waals surface area contributed by atoms with Gasteiger partial charge in [-0.05, 0) is 24.1 Å². The fourth-order valence-electron chi connectivity index (χ4n) is 1.29.